The van der Waals surface area contributed by atoms with Gasteiger partial charge in [-0.3, -0.25) is 10.4 Å². The van der Waals surface area contributed by atoms with Gasteiger partial charge in [-0.15, -0.1) is 0 Å². The quantitative estimate of drug-likeness (QED) is 0.300. The van der Waals surface area contributed by atoms with E-state index >= 15 is 0 Å². The van der Waals surface area contributed by atoms with Crippen molar-refractivity contribution in [3.8, 4) is 0 Å². The van der Waals surface area contributed by atoms with Gasteiger partial charge in [0.05, 0.1) is 11.2 Å². The zero-order chi connectivity index (χ0) is 12.4. The van der Waals surface area contributed by atoms with Crippen molar-refractivity contribution in [2.45, 2.75) is 45.8 Å². The van der Waals surface area contributed by atoms with Gasteiger partial charge in [0.25, 0.3) is 0 Å². The maximum absolute atomic E-state index is 6.00. The average molecular weight is 228 g/mol. The molecule has 3 N–H and O–H groups in total. The van der Waals surface area contributed by atoms with E-state index in [1.807, 2.05) is 6.92 Å². The second-order valence-electron chi connectivity index (χ2n) is 5.42. The van der Waals surface area contributed by atoms with E-state index in [1.165, 1.54) is 0 Å². The molecule has 0 aromatic heterocycles. The molecule has 1 aliphatic rings. The number of nitrogens with one attached hydrogen (secondary N) is 1. The predicted octanol–water partition coefficient (Wildman–Crippen LogP) is 0.715. The van der Waals surface area contributed by atoms with E-state index in [1.54, 1.807) is 0 Å². The van der Waals surface area contributed by atoms with Crippen LogP contribution < -0.4 is 11.3 Å². The third-order valence-electron chi connectivity index (χ3n) is 2.43. The molecule has 0 atom stereocenters. The summed E-state index contributed by atoms with van der Waals surface area (Å²) in [5.41, 5.74) is 2.29. The lowest BCUT2D eigenvalue weighted by atomic mass is 9.99. The van der Waals surface area contributed by atoms with E-state index in [0.29, 0.717) is 0 Å². The van der Waals surface area contributed by atoms with Gasteiger partial charge in [0.1, 0.15) is 0 Å². The van der Waals surface area contributed by atoms with Crippen molar-refractivity contribution in [2.75, 3.05) is 19.6 Å². The molecule has 0 amide bonds. The van der Waals surface area contributed by atoms with Crippen LogP contribution in [0.2, 0.25) is 0 Å². The number of ether oxygens (including phenoxy) is 1. The minimum absolute atomic E-state index is 0.187. The third-order valence-corrected chi connectivity index (χ3v) is 2.43. The van der Waals surface area contributed by atoms with Gasteiger partial charge in [0.2, 0.25) is 5.96 Å². The predicted molar refractivity (Wildman–Crippen MR) is 66.1 cm³/mol. The van der Waals surface area contributed by atoms with E-state index in [0.717, 1.165) is 25.6 Å². The Bertz CT molecular complexity index is 257. The summed E-state index contributed by atoms with van der Waals surface area (Å²) in [6, 6.07) is 0. The average Bonchev–Trinajstić information content (AvgIpc) is 2.08. The van der Waals surface area contributed by atoms with Crippen molar-refractivity contribution >= 4 is 5.96 Å². The zero-order valence-electron chi connectivity index (χ0n) is 11.0. The Labute approximate surface area is 98.0 Å². The van der Waals surface area contributed by atoms with Crippen LogP contribution in [0.5, 0.6) is 0 Å². The number of guanidine groups is 1. The number of hydrazine groups is 1. The highest BCUT2D eigenvalue weighted by Gasteiger charge is 2.39. The SMILES string of the molecule is CCN=C(NN)N1CC(C)(C)OC(C)(C)C1. The molecule has 94 valence electrons. The summed E-state index contributed by atoms with van der Waals surface area (Å²) in [5.74, 6) is 6.25. The van der Waals surface area contributed by atoms with E-state index < -0.39 is 0 Å². The largest absolute Gasteiger partial charge is 0.366 e. The maximum Gasteiger partial charge on any atom is 0.208 e. The lowest BCUT2D eigenvalue weighted by Crippen LogP contribution is -2.61. The van der Waals surface area contributed by atoms with Crippen LogP contribution in [-0.4, -0.2) is 41.7 Å². The van der Waals surface area contributed by atoms with Crippen molar-refractivity contribution in [1.29, 1.82) is 0 Å². The van der Waals surface area contributed by atoms with Crippen LogP contribution in [-0.2, 0) is 4.74 Å². The molecule has 1 rings (SSSR count). The number of nitrogens with zero attached hydrogens (tertiary/aromatic N) is 2. The Hall–Kier alpha value is -0.810. The van der Waals surface area contributed by atoms with Crippen molar-refractivity contribution in [3.63, 3.8) is 0 Å². The fraction of sp³-hybridized carbons (Fsp3) is 0.909. The molecule has 1 fully saturated rings. The monoisotopic (exact) mass is 228 g/mol. The number of rotatable bonds is 1. The van der Waals surface area contributed by atoms with Crippen LogP contribution in [0.15, 0.2) is 4.99 Å². The molecular weight excluding hydrogens is 204 g/mol. The van der Waals surface area contributed by atoms with Crippen LogP contribution in [0.3, 0.4) is 0 Å². The molecule has 0 aromatic carbocycles. The summed E-state index contributed by atoms with van der Waals surface area (Å²) in [4.78, 5) is 6.49. The highest BCUT2D eigenvalue weighted by Crippen LogP contribution is 2.27. The lowest BCUT2D eigenvalue weighted by molar-refractivity contribution is -0.167. The Balaban J connectivity index is 2.85. The van der Waals surface area contributed by atoms with Crippen LogP contribution in [0.4, 0.5) is 0 Å². The second kappa shape index (κ2) is 4.59. The molecule has 0 spiro atoms. The van der Waals surface area contributed by atoms with Crippen LogP contribution in [0.25, 0.3) is 0 Å². The Morgan fingerprint density at radius 2 is 1.81 bits per heavy atom. The second-order valence-corrected chi connectivity index (χ2v) is 5.42. The molecule has 0 unspecified atom stereocenters. The fourth-order valence-corrected chi connectivity index (χ4v) is 2.32. The molecule has 5 nitrogen and oxygen atoms in total. The molecule has 1 aliphatic heterocycles. The number of hydrogen-bond donors (Lipinski definition) is 2. The molecule has 5 heteroatoms. The fourth-order valence-electron chi connectivity index (χ4n) is 2.32. The molecule has 0 saturated carbocycles. The Kier molecular flexibility index (Phi) is 3.80. The molecule has 0 aromatic rings. The lowest BCUT2D eigenvalue weighted by Gasteiger charge is -2.47. The standard InChI is InChI=1S/C11H24N4O/c1-6-13-9(14-12)15-7-10(2,3)16-11(4,5)8-15/h6-8,12H2,1-5H3,(H,13,14). The number of aliphatic imine (C=N–C) groups is 1. The van der Waals surface area contributed by atoms with Gasteiger partial charge < -0.3 is 9.64 Å². The molecule has 0 bridgehead atoms. The van der Waals surface area contributed by atoms with Crippen LogP contribution in [0.1, 0.15) is 34.6 Å². The minimum Gasteiger partial charge on any atom is -0.366 e. The summed E-state index contributed by atoms with van der Waals surface area (Å²) in [6.45, 7) is 12.6. The number of nitrogens with two attached hydrogens (primary N) is 1. The van der Waals surface area contributed by atoms with Crippen molar-refractivity contribution in [2.24, 2.45) is 10.8 Å². The van der Waals surface area contributed by atoms with Gasteiger partial charge in [-0.25, -0.2) is 5.84 Å². The van der Waals surface area contributed by atoms with Gasteiger partial charge in [0.15, 0.2) is 0 Å². The normalized spacial score (nSPS) is 24.4. The van der Waals surface area contributed by atoms with Crippen LogP contribution in [0, 0.1) is 0 Å². The Morgan fingerprint density at radius 3 is 2.19 bits per heavy atom. The van der Waals surface area contributed by atoms with Crippen LogP contribution >= 0.6 is 0 Å². The maximum atomic E-state index is 6.00. The van der Waals surface area contributed by atoms with E-state index in [-0.39, 0.29) is 11.2 Å². The van der Waals surface area contributed by atoms with Gasteiger partial charge in [0, 0.05) is 19.6 Å². The minimum atomic E-state index is -0.187. The van der Waals surface area contributed by atoms with Gasteiger partial charge in [-0.1, -0.05) is 0 Å². The molecule has 1 heterocycles. The van der Waals surface area contributed by atoms with E-state index in [4.69, 9.17) is 10.6 Å². The van der Waals surface area contributed by atoms with E-state index in [9.17, 15) is 0 Å². The van der Waals surface area contributed by atoms with Crippen molar-refractivity contribution in [3.05, 3.63) is 0 Å². The third kappa shape index (κ3) is 3.35. The first-order valence-electron chi connectivity index (χ1n) is 5.76. The van der Waals surface area contributed by atoms with Gasteiger partial charge in [-0.2, -0.15) is 0 Å². The summed E-state index contributed by atoms with van der Waals surface area (Å²) in [5, 5.41) is 0. The van der Waals surface area contributed by atoms with Gasteiger partial charge in [-0.05, 0) is 34.6 Å². The summed E-state index contributed by atoms with van der Waals surface area (Å²) in [7, 11) is 0. The molecule has 0 aliphatic carbocycles. The number of hydrogen-bond acceptors (Lipinski definition) is 3. The smallest absolute Gasteiger partial charge is 0.208 e. The zero-order valence-corrected chi connectivity index (χ0v) is 11.0. The summed E-state index contributed by atoms with van der Waals surface area (Å²) in [6.07, 6.45) is 0. The highest BCUT2D eigenvalue weighted by atomic mass is 16.5. The van der Waals surface area contributed by atoms with Gasteiger partial charge >= 0.3 is 0 Å². The van der Waals surface area contributed by atoms with Crippen molar-refractivity contribution < 1.29 is 4.74 Å². The van der Waals surface area contributed by atoms with E-state index in [2.05, 4.69) is 43.0 Å². The molecule has 16 heavy (non-hydrogen) atoms. The number of morpholine rings is 1. The van der Waals surface area contributed by atoms with Crippen molar-refractivity contribution in [1.82, 2.24) is 10.3 Å². The Morgan fingerprint density at radius 1 is 1.31 bits per heavy atom. The molecular formula is C11H24N4O. The first kappa shape index (κ1) is 13.3. The highest BCUT2D eigenvalue weighted by molar-refractivity contribution is 5.79. The first-order valence-corrected chi connectivity index (χ1v) is 5.76. The molecule has 1 saturated heterocycles. The topological polar surface area (TPSA) is 62.9 Å². The molecule has 0 radical (unpaired) electrons. The summed E-state index contributed by atoms with van der Waals surface area (Å²) < 4.78 is 6.00. The summed E-state index contributed by atoms with van der Waals surface area (Å²) >= 11 is 0. The first-order chi connectivity index (χ1) is 7.29.